The molecule has 0 radical (unpaired) electrons. The van der Waals surface area contributed by atoms with Gasteiger partial charge < -0.3 is 0 Å². The predicted octanol–water partition coefficient (Wildman–Crippen LogP) is 5.59. The molecule has 0 atom stereocenters. The first kappa shape index (κ1) is 19.2. The van der Waals surface area contributed by atoms with Crippen LogP contribution in [0.4, 0.5) is 26.3 Å². The quantitative estimate of drug-likeness (QED) is 0.420. The minimum Gasteiger partial charge on any atom is -0.298 e. The highest BCUT2D eigenvalue weighted by molar-refractivity contribution is 6.34. The van der Waals surface area contributed by atoms with Gasteiger partial charge >= 0.3 is 12.4 Å². The summed E-state index contributed by atoms with van der Waals surface area (Å²) >= 11 is 5.97. The second kappa shape index (κ2) is 6.56. The van der Waals surface area contributed by atoms with Gasteiger partial charge in [0.2, 0.25) is 0 Å². The molecule has 3 rings (SSSR count). The third-order valence-electron chi connectivity index (χ3n) is 3.93. The van der Waals surface area contributed by atoms with E-state index < -0.39 is 35.6 Å². The Morgan fingerprint density at radius 3 is 2.30 bits per heavy atom. The van der Waals surface area contributed by atoms with Crippen LogP contribution in [0.3, 0.4) is 0 Å². The molecule has 3 nitrogen and oxygen atoms in total. The van der Waals surface area contributed by atoms with Gasteiger partial charge in [0.15, 0.2) is 5.15 Å². The highest BCUT2D eigenvalue weighted by atomic mass is 35.5. The molecule has 1 aromatic heterocycles. The van der Waals surface area contributed by atoms with E-state index in [2.05, 4.69) is 5.10 Å². The summed E-state index contributed by atoms with van der Waals surface area (Å²) in [6.07, 6.45) is -9.30. The Morgan fingerprint density at radius 1 is 1.00 bits per heavy atom. The highest BCUT2D eigenvalue weighted by Crippen LogP contribution is 2.38. The van der Waals surface area contributed by atoms with E-state index in [0.717, 1.165) is 10.7 Å². The number of carbonyl (C=O) groups is 1. The number of nitrogens with zero attached hydrogens (tertiary/aromatic N) is 2. The monoisotopic (exact) mass is 406 g/mol. The topological polar surface area (TPSA) is 34.9 Å². The van der Waals surface area contributed by atoms with Crippen LogP contribution >= 0.6 is 11.6 Å². The van der Waals surface area contributed by atoms with Gasteiger partial charge in [0.1, 0.15) is 6.29 Å². The van der Waals surface area contributed by atoms with Crippen LogP contribution in [0.2, 0.25) is 5.15 Å². The maximum atomic E-state index is 13.3. The number of aldehydes is 1. The Labute approximate surface area is 153 Å². The number of alkyl halides is 6. The largest absolute Gasteiger partial charge is 0.416 e. The number of aromatic nitrogens is 2. The lowest BCUT2D eigenvalue weighted by atomic mass is 10.0. The molecule has 0 N–H and O–H groups in total. The lowest BCUT2D eigenvalue weighted by Crippen LogP contribution is -2.15. The summed E-state index contributed by atoms with van der Waals surface area (Å²) in [4.78, 5) is 10.8. The van der Waals surface area contributed by atoms with E-state index in [0.29, 0.717) is 28.8 Å². The number of rotatable bonds is 3. The number of carbonyl (C=O) groups excluding carboxylic acids is 1. The van der Waals surface area contributed by atoms with Crippen molar-refractivity contribution in [3.63, 3.8) is 0 Å². The van der Waals surface area contributed by atoms with Crippen molar-refractivity contribution in [3.05, 3.63) is 63.8 Å². The normalized spacial score (nSPS) is 12.6. The molecule has 27 heavy (non-hydrogen) atoms. The van der Waals surface area contributed by atoms with Crippen molar-refractivity contribution in [3.8, 4) is 0 Å². The molecule has 0 aliphatic rings. The van der Waals surface area contributed by atoms with Gasteiger partial charge in [0.25, 0.3) is 0 Å². The van der Waals surface area contributed by atoms with E-state index in [4.69, 9.17) is 11.6 Å². The van der Waals surface area contributed by atoms with Crippen molar-refractivity contribution in [2.24, 2.45) is 0 Å². The third-order valence-corrected chi connectivity index (χ3v) is 4.21. The number of hydrogen-bond donors (Lipinski definition) is 0. The van der Waals surface area contributed by atoms with Gasteiger partial charge in [-0.05, 0) is 35.9 Å². The summed E-state index contributed by atoms with van der Waals surface area (Å²) in [5, 5.41) is 4.25. The second-order valence-corrected chi connectivity index (χ2v) is 6.07. The molecule has 0 aliphatic heterocycles. The van der Waals surface area contributed by atoms with Crippen LogP contribution in [-0.4, -0.2) is 16.1 Å². The molecule has 0 unspecified atom stereocenters. The van der Waals surface area contributed by atoms with Gasteiger partial charge in [-0.15, -0.1) is 0 Å². The second-order valence-electron chi connectivity index (χ2n) is 5.71. The van der Waals surface area contributed by atoms with Crippen LogP contribution in [0.15, 0.2) is 36.4 Å². The van der Waals surface area contributed by atoms with E-state index in [1.165, 1.54) is 18.2 Å². The van der Waals surface area contributed by atoms with Gasteiger partial charge in [0, 0.05) is 10.9 Å². The fourth-order valence-electron chi connectivity index (χ4n) is 2.67. The molecule has 0 saturated heterocycles. The summed E-state index contributed by atoms with van der Waals surface area (Å²) in [6.45, 7) is -0.448. The van der Waals surface area contributed by atoms with Crippen LogP contribution in [0.1, 0.15) is 27.0 Å². The molecule has 10 heteroatoms. The van der Waals surface area contributed by atoms with Crippen LogP contribution in [0.25, 0.3) is 10.9 Å². The zero-order chi connectivity index (χ0) is 20.0. The van der Waals surface area contributed by atoms with Crippen LogP contribution < -0.4 is 0 Å². The first-order valence-corrected chi connectivity index (χ1v) is 7.77. The van der Waals surface area contributed by atoms with Crippen molar-refractivity contribution >= 4 is 28.8 Å². The Hall–Kier alpha value is -2.55. The van der Waals surface area contributed by atoms with Crippen molar-refractivity contribution in [1.29, 1.82) is 0 Å². The lowest BCUT2D eigenvalue weighted by molar-refractivity contribution is -0.143. The Morgan fingerprint density at radius 2 is 1.70 bits per heavy atom. The van der Waals surface area contributed by atoms with Gasteiger partial charge in [-0.2, -0.15) is 31.4 Å². The van der Waals surface area contributed by atoms with Crippen molar-refractivity contribution in [2.75, 3.05) is 0 Å². The van der Waals surface area contributed by atoms with Crippen LogP contribution in [-0.2, 0) is 18.9 Å². The third kappa shape index (κ3) is 3.78. The summed E-state index contributed by atoms with van der Waals surface area (Å²) in [6, 6.07) is 5.74. The van der Waals surface area contributed by atoms with E-state index in [1.54, 1.807) is 0 Å². The Kier molecular flexibility index (Phi) is 4.67. The summed E-state index contributed by atoms with van der Waals surface area (Å²) in [7, 11) is 0. The standard InChI is InChI=1S/C17H9ClF6N2O/c18-15-12-5-9(8-27)1-4-14(12)26(25-15)7-10-2-3-11(16(19,20)21)6-13(10)17(22,23)24/h1-6,8H,7H2. The fraction of sp³-hybridized carbons (Fsp3) is 0.176. The van der Waals surface area contributed by atoms with Crippen molar-refractivity contribution < 1.29 is 31.1 Å². The summed E-state index contributed by atoms with van der Waals surface area (Å²) in [5.41, 5.74) is -2.54. The molecular weight excluding hydrogens is 398 g/mol. The predicted molar refractivity (Wildman–Crippen MR) is 85.7 cm³/mol. The minimum absolute atomic E-state index is 0.0332. The number of benzene rings is 2. The average molecular weight is 407 g/mol. The van der Waals surface area contributed by atoms with Crippen molar-refractivity contribution in [2.45, 2.75) is 18.9 Å². The fourth-order valence-corrected chi connectivity index (χ4v) is 2.91. The maximum Gasteiger partial charge on any atom is 0.416 e. The minimum atomic E-state index is -4.98. The molecule has 0 fully saturated rings. The lowest BCUT2D eigenvalue weighted by Gasteiger charge is -2.16. The van der Waals surface area contributed by atoms with Crippen LogP contribution in [0, 0.1) is 0 Å². The molecule has 0 saturated carbocycles. The smallest absolute Gasteiger partial charge is 0.298 e. The number of fused-ring (bicyclic) bond motifs is 1. The Bertz CT molecular complexity index is 1020. The molecule has 0 spiro atoms. The highest BCUT2D eigenvalue weighted by Gasteiger charge is 2.38. The van der Waals surface area contributed by atoms with Crippen molar-refractivity contribution in [1.82, 2.24) is 9.78 Å². The zero-order valence-electron chi connectivity index (χ0n) is 13.2. The molecule has 0 amide bonds. The summed E-state index contributed by atoms with van der Waals surface area (Å²) in [5.74, 6) is 0. The zero-order valence-corrected chi connectivity index (χ0v) is 14.0. The van der Waals surface area contributed by atoms with Gasteiger partial charge in [0.05, 0.1) is 23.2 Å². The van der Waals surface area contributed by atoms with E-state index >= 15 is 0 Å². The molecule has 142 valence electrons. The van der Waals surface area contributed by atoms with E-state index in [9.17, 15) is 31.1 Å². The molecule has 1 heterocycles. The average Bonchev–Trinajstić information content (AvgIpc) is 2.88. The van der Waals surface area contributed by atoms with E-state index in [1.807, 2.05) is 0 Å². The molecule has 3 aromatic rings. The van der Waals surface area contributed by atoms with Gasteiger partial charge in [-0.1, -0.05) is 17.7 Å². The molecule has 0 aliphatic carbocycles. The SMILES string of the molecule is O=Cc1ccc2c(c1)c(Cl)nn2Cc1ccc(C(F)(F)F)cc1C(F)(F)F. The number of hydrogen-bond acceptors (Lipinski definition) is 2. The molecule has 0 bridgehead atoms. The molecule has 2 aromatic carbocycles. The maximum absolute atomic E-state index is 13.3. The Balaban J connectivity index is 2.10. The van der Waals surface area contributed by atoms with Gasteiger partial charge in [-0.25, -0.2) is 0 Å². The molecular formula is C17H9ClF6N2O. The van der Waals surface area contributed by atoms with Crippen LogP contribution in [0.5, 0.6) is 0 Å². The first-order chi connectivity index (χ1) is 12.5. The summed E-state index contributed by atoms with van der Waals surface area (Å²) < 4.78 is 79.3. The first-order valence-electron chi connectivity index (χ1n) is 7.39. The van der Waals surface area contributed by atoms with E-state index in [-0.39, 0.29) is 11.2 Å². The van der Waals surface area contributed by atoms with Gasteiger partial charge in [-0.3, -0.25) is 9.48 Å². The number of halogens is 7.